The third-order valence-electron chi connectivity index (χ3n) is 4.46. The molecule has 2 aliphatic rings. The standard InChI is InChI=1S/C17H23NO2/c19-17(15-8-4-5-9-15)18-10-11-20-16(13-18)12-14-6-2-1-3-7-14/h1-3,6-7,15-16H,4-5,8-13H2. The molecule has 1 aliphatic carbocycles. The molecule has 1 unspecified atom stereocenters. The van der Waals surface area contributed by atoms with Crippen LogP contribution >= 0.6 is 0 Å². The number of amides is 1. The first-order valence-corrected chi connectivity index (χ1v) is 7.77. The van der Waals surface area contributed by atoms with Crippen molar-refractivity contribution in [3.63, 3.8) is 0 Å². The highest BCUT2D eigenvalue weighted by Gasteiger charge is 2.30. The fourth-order valence-corrected chi connectivity index (χ4v) is 3.35. The second kappa shape index (κ2) is 6.40. The largest absolute Gasteiger partial charge is 0.374 e. The highest BCUT2D eigenvalue weighted by molar-refractivity contribution is 5.79. The molecule has 1 saturated heterocycles. The highest BCUT2D eigenvalue weighted by atomic mass is 16.5. The van der Waals surface area contributed by atoms with Gasteiger partial charge in [-0.2, -0.15) is 0 Å². The third-order valence-corrected chi connectivity index (χ3v) is 4.46. The molecule has 1 aliphatic heterocycles. The van der Waals surface area contributed by atoms with Crippen LogP contribution in [0.5, 0.6) is 0 Å². The summed E-state index contributed by atoms with van der Waals surface area (Å²) in [5.41, 5.74) is 1.28. The zero-order valence-corrected chi connectivity index (χ0v) is 12.0. The molecule has 1 atom stereocenters. The number of carbonyl (C=O) groups is 1. The summed E-state index contributed by atoms with van der Waals surface area (Å²) < 4.78 is 5.83. The second-order valence-electron chi connectivity index (χ2n) is 5.95. The van der Waals surface area contributed by atoms with Gasteiger partial charge in [0.15, 0.2) is 0 Å². The van der Waals surface area contributed by atoms with Gasteiger partial charge in [0.1, 0.15) is 0 Å². The molecule has 0 aromatic heterocycles. The Kier molecular flexibility index (Phi) is 4.36. The maximum atomic E-state index is 12.5. The van der Waals surface area contributed by atoms with Crippen molar-refractivity contribution in [3.8, 4) is 0 Å². The molecule has 1 heterocycles. The fraction of sp³-hybridized carbons (Fsp3) is 0.588. The number of morpholine rings is 1. The molecule has 1 aromatic rings. The Morgan fingerprint density at radius 3 is 2.70 bits per heavy atom. The molecule has 1 amide bonds. The van der Waals surface area contributed by atoms with Crippen molar-refractivity contribution in [2.24, 2.45) is 5.92 Å². The topological polar surface area (TPSA) is 29.5 Å². The first-order valence-electron chi connectivity index (χ1n) is 7.77. The smallest absolute Gasteiger partial charge is 0.225 e. The Bertz CT molecular complexity index is 440. The predicted molar refractivity (Wildman–Crippen MR) is 78.4 cm³/mol. The normalized spacial score (nSPS) is 24.0. The van der Waals surface area contributed by atoms with E-state index in [0.29, 0.717) is 12.5 Å². The first kappa shape index (κ1) is 13.6. The fourth-order valence-electron chi connectivity index (χ4n) is 3.35. The van der Waals surface area contributed by atoms with Gasteiger partial charge in [0, 0.05) is 25.4 Å². The van der Waals surface area contributed by atoms with E-state index in [1.54, 1.807) is 0 Å². The van der Waals surface area contributed by atoms with Crippen molar-refractivity contribution in [1.29, 1.82) is 0 Å². The van der Waals surface area contributed by atoms with Gasteiger partial charge < -0.3 is 9.64 Å². The second-order valence-corrected chi connectivity index (χ2v) is 5.95. The Hall–Kier alpha value is -1.35. The monoisotopic (exact) mass is 273 g/mol. The summed E-state index contributed by atoms with van der Waals surface area (Å²) in [7, 11) is 0. The average Bonchev–Trinajstić information content (AvgIpc) is 3.02. The summed E-state index contributed by atoms with van der Waals surface area (Å²) in [5, 5.41) is 0. The summed E-state index contributed by atoms with van der Waals surface area (Å²) in [6.07, 6.45) is 5.65. The van der Waals surface area contributed by atoms with Crippen LogP contribution in [0.15, 0.2) is 30.3 Å². The maximum Gasteiger partial charge on any atom is 0.225 e. The highest BCUT2D eigenvalue weighted by Crippen LogP contribution is 2.27. The van der Waals surface area contributed by atoms with E-state index >= 15 is 0 Å². The van der Waals surface area contributed by atoms with Gasteiger partial charge in [0.25, 0.3) is 0 Å². The zero-order valence-electron chi connectivity index (χ0n) is 12.0. The van der Waals surface area contributed by atoms with Crippen LogP contribution in [0.1, 0.15) is 31.2 Å². The number of carbonyl (C=O) groups excluding carboxylic acids is 1. The van der Waals surface area contributed by atoms with Gasteiger partial charge in [-0.3, -0.25) is 4.79 Å². The van der Waals surface area contributed by atoms with E-state index in [9.17, 15) is 4.79 Å². The number of benzene rings is 1. The Labute approximate surface area is 120 Å². The number of hydrogen-bond donors (Lipinski definition) is 0. The SMILES string of the molecule is O=C(C1CCCC1)N1CCOC(Cc2ccccc2)C1. The van der Waals surface area contributed by atoms with Gasteiger partial charge in [-0.25, -0.2) is 0 Å². The van der Waals surface area contributed by atoms with E-state index < -0.39 is 0 Å². The summed E-state index contributed by atoms with van der Waals surface area (Å²) >= 11 is 0. The van der Waals surface area contributed by atoms with Crippen LogP contribution in [0.2, 0.25) is 0 Å². The van der Waals surface area contributed by atoms with Crippen LogP contribution in [0.3, 0.4) is 0 Å². The predicted octanol–water partition coefficient (Wildman–Crippen LogP) is 2.65. The lowest BCUT2D eigenvalue weighted by Crippen LogP contribution is -2.48. The van der Waals surface area contributed by atoms with Crippen molar-refractivity contribution in [2.75, 3.05) is 19.7 Å². The summed E-state index contributed by atoms with van der Waals surface area (Å²) in [6, 6.07) is 10.4. The van der Waals surface area contributed by atoms with Crippen molar-refractivity contribution >= 4 is 5.91 Å². The van der Waals surface area contributed by atoms with E-state index in [2.05, 4.69) is 24.3 Å². The van der Waals surface area contributed by atoms with Gasteiger partial charge in [-0.15, -0.1) is 0 Å². The van der Waals surface area contributed by atoms with E-state index in [0.717, 1.165) is 32.4 Å². The number of hydrogen-bond acceptors (Lipinski definition) is 2. The van der Waals surface area contributed by atoms with Gasteiger partial charge >= 0.3 is 0 Å². The first-order chi connectivity index (χ1) is 9.83. The molecule has 108 valence electrons. The van der Waals surface area contributed by atoms with Crippen molar-refractivity contribution in [3.05, 3.63) is 35.9 Å². The molecule has 3 heteroatoms. The Morgan fingerprint density at radius 1 is 1.20 bits per heavy atom. The van der Waals surface area contributed by atoms with Gasteiger partial charge in [-0.05, 0) is 18.4 Å². The van der Waals surface area contributed by atoms with Crippen LogP contribution in [0.25, 0.3) is 0 Å². The lowest BCUT2D eigenvalue weighted by molar-refractivity contribution is -0.142. The molecule has 3 nitrogen and oxygen atoms in total. The van der Waals surface area contributed by atoms with Crippen LogP contribution < -0.4 is 0 Å². The zero-order chi connectivity index (χ0) is 13.8. The lowest BCUT2D eigenvalue weighted by Gasteiger charge is -2.34. The average molecular weight is 273 g/mol. The minimum absolute atomic E-state index is 0.150. The molecule has 20 heavy (non-hydrogen) atoms. The third kappa shape index (κ3) is 3.21. The molecule has 3 rings (SSSR count). The summed E-state index contributed by atoms with van der Waals surface area (Å²) in [5.74, 6) is 0.648. The van der Waals surface area contributed by atoms with E-state index in [1.165, 1.54) is 18.4 Å². The number of nitrogens with zero attached hydrogens (tertiary/aromatic N) is 1. The maximum absolute atomic E-state index is 12.5. The molecule has 1 aromatic carbocycles. The molecular weight excluding hydrogens is 250 g/mol. The van der Waals surface area contributed by atoms with Gasteiger partial charge in [0.2, 0.25) is 5.91 Å². The molecule has 0 bridgehead atoms. The lowest BCUT2D eigenvalue weighted by atomic mass is 10.0. The van der Waals surface area contributed by atoms with Crippen LogP contribution in [0.4, 0.5) is 0 Å². The van der Waals surface area contributed by atoms with Crippen LogP contribution in [-0.2, 0) is 16.0 Å². The summed E-state index contributed by atoms with van der Waals surface area (Å²) in [4.78, 5) is 14.5. The van der Waals surface area contributed by atoms with E-state index in [1.807, 2.05) is 11.0 Å². The van der Waals surface area contributed by atoms with Crippen LogP contribution in [0, 0.1) is 5.92 Å². The number of ether oxygens (including phenoxy) is 1. The molecule has 0 spiro atoms. The molecule has 2 fully saturated rings. The van der Waals surface area contributed by atoms with Gasteiger partial charge in [-0.1, -0.05) is 43.2 Å². The minimum Gasteiger partial charge on any atom is -0.374 e. The molecule has 0 N–H and O–H groups in total. The number of rotatable bonds is 3. The molecular formula is C17H23NO2. The molecule has 1 saturated carbocycles. The Morgan fingerprint density at radius 2 is 1.95 bits per heavy atom. The quantitative estimate of drug-likeness (QED) is 0.847. The van der Waals surface area contributed by atoms with Crippen LogP contribution in [-0.4, -0.2) is 36.6 Å². The van der Waals surface area contributed by atoms with Gasteiger partial charge in [0.05, 0.1) is 12.7 Å². The van der Waals surface area contributed by atoms with Crippen molar-refractivity contribution in [1.82, 2.24) is 4.90 Å². The van der Waals surface area contributed by atoms with Crippen molar-refractivity contribution in [2.45, 2.75) is 38.2 Å². The van der Waals surface area contributed by atoms with Crippen molar-refractivity contribution < 1.29 is 9.53 Å². The van der Waals surface area contributed by atoms with E-state index in [4.69, 9.17) is 4.74 Å². The van der Waals surface area contributed by atoms with E-state index in [-0.39, 0.29) is 12.0 Å². The summed E-state index contributed by atoms with van der Waals surface area (Å²) in [6.45, 7) is 2.20. The minimum atomic E-state index is 0.150. The molecule has 0 radical (unpaired) electrons. The Balaban J connectivity index is 1.57.